The van der Waals surface area contributed by atoms with E-state index in [9.17, 15) is 0 Å². The van der Waals surface area contributed by atoms with Crippen LogP contribution in [0.2, 0.25) is 0 Å². The average Bonchev–Trinajstić information content (AvgIpc) is 2.31. The molecule has 0 radical (unpaired) electrons. The largest absolute Gasteiger partial charge is 0.468 e. The summed E-state index contributed by atoms with van der Waals surface area (Å²) in [5.41, 5.74) is 0. The minimum Gasteiger partial charge on any atom is -0.468 e. The summed E-state index contributed by atoms with van der Waals surface area (Å²) in [7, 11) is 0. The number of aliphatic hydroxyl groups excluding tert-OH is 1. The van der Waals surface area contributed by atoms with Crippen molar-refractivity contribution in [2.24, 2.45) is 0 Å². The molecule has 1 heterocycles. The number of furan rings is 1. The third-order valence-electron chi connectivity index (χ3n) is 1.16. The molecular weight excluding hydrogens is 148 g/mol. The van der Waals surface area contributed by atoms with Crippen molar-refractivity contribution in [2.45, 2.75) is 11.8 Å². The summed E-state index contributed by atoms with van der Waals surface area (Å²) in [6.45, 7) is 2.13. The molecule has 0 amide bonds. The van der Waals surface area contributed by atoms with E-state index in [0.717, 1.165) is 16.4 Å². The Morgan fingerprint density at radius 1 is 1.70 bits per heavy atom. The van der Waals surface area contributed by atoms with E-state index in [1.54, 1.807) is 18.0 Å². The van der Waals surface area contributed by atoms with E-state index in [4.69, 9.17) is 9.52 Å². The molecule has 1 aromatic heterocycles. The van der Waals surface area contributed by atoms with E-state index < -0.39 is 0 Å². The molecule has 0 saturated carbocycles. The standard InChI is InChI=1S/C7H10O2S/c1-6-7(2-4-9-6)10-5-3-8/h2,4,8H,3,5H2,1H3. The Morgan fingerprint density at radius 2 is 2.50 bits per heavy atom. The van der Waals surface area contributed by atoms with Crippen LogP contribution in [0.5, 0.6) is 0 Å². The predicted molar refractivity (Wildman–Crippen MR) is 41.3 cm³/mol. The van der Waals surface area contributed by atoms with Crippen molar-refractivity contribution < 1.29 is 9.52 Å². The first-order valence-electron chi connectivity index (χ1n) is 3.12. The fourth-order valence-corrected chi connectivity index (χ4v) is 1.39. The fraction of sp³-hybridized carbons (Fsp3) is 0.429. The molecule has 56 valence electrons. The van der Waals surface area contributed by atoms with Crippen LogP contribution in [0, 0.1) is 6.92 Å². The first-order chi connectivity index (χ1) is 4.84. The number of hydrogen-bond acceptors (Lipinski definition) is 3. The quantitative estimate of drug-likeness (QED) is 0.679. The van der Waals surface area contributed by atoms with E-state index in [1.165, 1.54) is 0 Å². The summed E-state index contributed by atoms with van der Waals surface area (Å²) in [6.07, 6.45) is 1.66. The molecule has 0 aromatic carbocycles. The van der Waals surface area contributed by atoms with Gasteiger partial charge in [-0.1, -0.05) is 0 Å². The molecule has 0 saturated heterocycles. The van der Waals surface area contributed by atoms with Gasteiger partial charge in [-0.15, -0.1) is 11.8 Å². The Bertz CT molecular complexity index is 195. The molecule has 0 aliphatic heterocycles. The van der Waals surface area contributed by atoms with E-state index in [1.807, 2.05) is 13.0 Å². The first-order valence-corrected chi connectivity index (χ1v) is 4.11. The predicted octanol–water partition coefficient (Wildman–Crippen LogP) is 1.67. The van der Waals surface area contributed by atoms with Crippen LogP contribution in [0.3, 0.4) is 0 Å². The van der Waals surface area contributed by atoms with E-state index in [2.05, 4.69) is 0 Å². The van der Waals surface area contributed by atoms with Crippen molar-refractivity contribution in [2.75, 3.05) is 12.4 Å². The van der Waals surface area contributed by atoms with Gasteiger partial charge in [0.2, 0.25) is 0 Å². The minimum atomic E-state index is 0.218. The Morgan fingerprint density at radius 3 is 3.00 bits per heavy atom. The third kappa shape index (κ3) is 1.78. The molecular formula is C7H10O2S. The summed E-state index contributed by atoms with van der Waals surface area (Å²) in [5.74, 6) is 1.67. The van der Waals surface area contributed by atoms with Gasteiger partial charge in [0.15, 0.2) is 0 Å². The molecule has 0 bridgehead atoms. The van der Waals surface area contributed by atoms with Crippen LogP contribution in [-0.4, -0.2) is 17.5 Å². The molecule has 0 spiro atoms. The lowest BCUT2D eigenvalue weighted by molar-refractivity contribution is 0.322. The topological polar surface area (TPSA) is 33.4 Å². The molecule has 1 N–H and O–H groups in total. The second-order valence-corrected chi connectivity index (χ2v) is 3.05. The number of rotatable bonds is 3. The molecule has 0 atom stereocenters. The molecule has 10 heavy (non-hydrogen) atoms. The smallest absolute Gasteiger partial charge is 0.114 e. The highest BCUT2D eigenvalue weighted by molar-refractivity contribution is 7.99. The van der Waals surface area contributed by atoms with Crippen LogP contribution in [0.4, 0.5) is 0 Å². The second-order valence-electron chi connectivity index (χ2n) is 1.91. The maximum absolute atomic E-state index is 8.50. The van der Waals surface area contributed by atoms with E-state index in [-0.39, 0.29) is 6.61 Å². The van der Waals surface area contributed by atoms with Gasteiger partial charge >= 0.3 is 0 Å². The number of thioether (sulfide) groups is 1. The minimum absolute atomic E-state index is 0.218. The van der Waals surface area contributed by atoms with Crippen molar-refractivity contribution in [1.82, 2.24) is 0 Å². The highest BCUT2D eigenvalue weighted by Crippen LogP contribution is 2.22. The SMILES string of the molecule is Cc1occc1SCCO. The molecule has 0 aliphatic carbocycles. The highest BCUT2D eigenvalue weighted by Gasteiger charge is 1.99. The van der Waals surface area contributed by atoms with Gasteiger partial charge in [-0.25, -0.2) is 0 Å². The first kappa shape index (κ1) is 7.69. The number of aliphatic hydroxyl groups is 1. The Labute approximate surface area is 64.2 Å². The van der Waals surface area contributed by atoms with Gasteiger partial charge in [-0.2, -0.15) is 0 Å². The van der Waals surface area contributed by atoms with Gasteiger partial charge in [-0.3, -0.25) is 0 Å². The lowest BCUT2D eigenvalue weighted by Gasteiger charge is -1.93. The van der Waals surface area contributed by atoms with E-state index >= 15 is 0 Å². The van der Waals surface area contributed by atoms with Gasteiger partial charge in [0.05, 0.1) is 12.9 Å². The van der Waals surface area contributed by atoms with Crippen LogP contribution in [-0.2, 0) is 0 Å². The number of hydrogen-bond donors (Lipinski definition) is 1. The van der Waals surface area contributed by atoms with Gasteiger partial charge in [0.25, 0.3) is 0 Å². The molecule has 2 nitrogen and oxygen atoms in total. The molecule has 3 heteroatoms. The summed E-state index contributed by atoms with van der Waals surface area (Å²) in [4.78, 5) is 1.12. The van der Waals surface area contributed by atoms with E-state index in [0.29, 0.717) is 0 Å². The molecule has 1 rings (SSSR count). The van der Waals surface area contributed by atoms with Gasteiger partial charge in [0.1, 0.15) is 5.76 Å². The van der Waals surface area contributed by atoms with Gasteiger partial charge in [-0.05, 0) is 13.0 Å². The van der Waals surface area contributed by atoms with Crippen LogP contribution in [0.15, 0.2) is 21.6 Å². The summed E-state index contributed by atoms with van der Waals surface area (Å²) in [6, 6.07) is 1.91. The van der Waals surface area contributed by atoms with Crippen molar-refractivity contribution in [1.29, 1.82) is 0 Å². The summed E-state index contributed by atoms with van der Waals surface area (Å²) < 4.78 is 5.06. The van der Waals surface area contributed by atoms with Gasteiger partial charge in [0, 0.05) is 10.6 Å². The molecule has 1 aromatic rings. The normalized spacial score (nSPS) is 10.2. The zero-order chi connectivity index (χ0) is 7.40. The summed E-state index contributed by atoms with van der Waals surface area (Å²) >= 11 is 1.61. The molecule has 0 aliphatic rings. The Kier molecular flexibility index (Phi) is 2.83. The Balaban J connectivity index is 2.49. The maximum atomic E-state index is 8.50. The highest BCUT2D eigenvalue weighted by atomic mass is 32.2. The third-order valence-corrected chi connectivity index (χ3v) is 2.28. The van der Waals surface area contributed by atoms with Crippen LogP contribution in [0.1, 0.15) is 5.76 Å². The lowest BCUT2D eigenvalue weighted by Crippen LogP contribution is -1.84. The van der Waals surface area contributed by atoms with Gasteiger partial charge < -0.3 is 9.52 Å². The zero-order valence-electron chi connectivity index (χ0n) is 5.83. The van der Waals surface area contributed by atoms with Crippen molar-refractivity contribution in [3.05, 3.63) is 18.1 Å². The lowest BCUT2D eigenvalue weighted by atomic mass is 10.5. The van der Waals surface area contributed by atoms with Crippen LogP contribution >= 0.6 is 11.8 Å². The van der Waals surface area contributed by atoms with Crippen molar-refractivity contribution in [3.63, 3.8) is 0 Å². The van der Waals surface area contributed by atoms with Crippen LogP contribution < -0.4 is 0 Å². The number of aryl methyl sites for hydroxylation is 1. The van der Waals surface area contributed by atoms with Crippen molar-refractivity contribution >= 4 is 11.8 Å². The molecule has 0 fully saturated rings. The van der Waals surface area contributed by atoms with Crippen molar-refractivity contribution in [3.8, 4) is 0 Å². The fourth-order valence-electron chi connectivity index (χ4n) is 0.679. The second kappa shape index (κ2) is 3.68. The molecule has 0 unspecified atom stereocenters. The zero-order valence-corrected chi connectivity index (χ0v) is 6.65. The Hall–Kier alpha value is -0.410. The monoisotopic (exact) mass is 158 g/mol. The average molecular weight is 158 g/mol. The maximum Gasteiger partial charge on any atom is 0.114 e. The summed E-state index contributed by atoms with van der Waals surface area (Å²) in [5, 5.41) is 8.50. The van der Waals surface area contributed by atoms with Crippen LogP contribution in [0.25, 0.3) is 0 Å².